The quantitative estimate of drug-likeness (QED) is 0.793. The van der Waals surface area contributed by atoms with Crippen LogP contribution in [0.15, 0.2) is 24.3 Å². The van der Waals surface area contributed by atoms with E-state index in [1.807, 2.05) is 32.5 Å². The molecule has 124 valence electrons. The maximum absolute atomic E-state index is 12.0. The van der Waals surface area contributed by atoms with Gasteiger partial charge >= 0.3 is 0 Å². The van der Waals surface area contributed by atoms with Crippen LogP contribution in [0.1, 0.15) is 28.1 Å². The van der Waals surface area contributed by atoms with Crippen molar-refractivity contribution >= 4 is 17.7 Å². The maximum Gasteiger partial charge on any atom is 0.241 e. The highest BCUT2D eigenvalue weighted by atomic mass is 32.2. The molecule has 23 heavy (non-hydrogen) atoms. The van der Waals surface area contributed by atoms with Gasteiger partial charge in [0, 0.05) is 23.7 Å². The van der Waals surface area contributed by atoms with Crippen LogP contribution in [-0.2, 0) is 17.1 Å². The molecule has 0 atom stereocenters. The predicted octanol–water partition coefficient (Wildman–Crippen LogP) is 3.17. The zero-order valence-corrected chi connectivity index (χ0v) is 15.2. The minimum absolute atomic E-state index is 0.0205. The van der Waals surface area contributed by atoms with Gasteiger partial charge in [0.05, 0.1) is 5.69 Å². The van der Waals surface area contributed by atoms with Crippen molar-refractivity contribution in [2.45, 2.75) is 40.0 Å². The second-order valence-corrected chi connectivity index (χ2v) is 6.89. The van der Waals surface area contributed by atoms with Gasteiger partial charge in [-0.25, -0.2) is 0 Å². The Balaban J connectivity index is 1.69. The zero-order chi connectivity index (χ0) is 16.8. The molecule has 1 heterocycles. The van der Waals surface area contributed by atoms with Gasteiger partial charge in [-0.3, -0.25) is 9.48 Å². The maximum atomic E-state index is 12.0. The van der Waals surface area contributed by atoms with Crippen molar-refractivity contribution in [2.75, 3.05) is 12.3 Å². The molecule has 0 aliphatic rings. The van der Waals surface area contributed by atoms with Crippen molar-refractivity contribution in [3.8, 4) is 0 Å². The highest BCUT2D eigenvalue weighted by Gasteiger charge is 2.10. The molecule has 0 bridgehead atoms. The third kappa shape index (κ3) is 4.86. The summed E-state index contributed by atoms with van der Waals surface area (Å²) in [6.45, 7) is 9.12. The Hall–Kier alpha value is -1.75. The number of aromatic nitrogens is 2. The zero-order valence-electron chi connectivity index (χ0n) is 14.3. The lowest BCUT2D eigenvalue weighted by atomic mass is 10.1. The monoisotopic (exact) mass is 331 g/mol. The largest absolute Gasteiger partial charge is 0.354 e. The first-order valence-electron chi connectivity index (χ1n) is 7.88. The summed E-state index contributed by atoms with van der Waals surface area (Å²) in [5.41, 5.74) is 5.90. The molecule has 0 fully saturated rings. The first-order chi connectivity index (χ1) is 11.0. The van der Waals surface area contributed by atoms with Crippen LogP contribution in [0.2, 0.25) is 0 Å². The molecule has 0 aliphatic heterocycles. The lowest BCUT2D eigenvalue weighted by molar-refractivity contribution is -0.121. The van der Waals surface area contributed by atoms with Gasteiger partial charge in [0.1, 0.15) is 6.54 Å². The van der Waals surface area contributed by atoms with Crippen molar-refractivity contribution in [1.82, 2.24) is 15.1 Å². The number of carbonyl (C=O) groups is 1. The lowest BCUT2D eigenvalue weighted by Gasteiger charge is -2.08. The number of benzene rings is 1. The molecule has 0 saturated heterocycles. The van der Waals surface area contributed by atoms with Crippen LogP contribution in [0.5, 0.6) is 0 Å². The van der Waals surface area contributed by atoms with Gasteiger partial charge in [-0.15, -0.1) is 0 Å². The van der Waals surface area contributed by atoms with Gasteiger partial charge in [0.2, 0.25) is 5.91 Å². The molecule has 2 rings (SSSR count). The van der Waals surface area contributed by atoms with Gasteiger partial charge in [-0.1, -0.05) is 24.3 Å². The molecule has 1 aromatic heterocycles. The van der Waals surface area contributed by atoms with Gasteiger partial charge in [-0.2, -0.15) is 16.9 Å². The Morgan fingerprint density at radius 2 is 1.96 bits per heavy atom. The Kier molecular flexibility index (Phi) is 6.28. The summed E-state index contributed by atoms with van der Waals surface area (Å²) in [6.07, 6.45) is 0. The number of rotatable bonds is 7. The molecule has 0 aliphatic carbocycles. The highest BCUT2D eigenvalue weighted by Crippen LogP contribution is 2.15. The lowest BCUT2D eigenvalue weighted by Crippen LogP contribution is -2.30. The smallest absolute Gasteiger partial charge is 0.241 e. The molecule has 0 unspecified atom stereocenters. The van der Waals surface area contributed by atoms with Crippen LogP contribution in [0, 0.1) is 27.7 Å². The number of nitrogens with one attached hydrogen (secondary N) is 1. The Bertz CT molecular complexity index is 679. The van der Waals surface area contributed by atoms with E-state index in [2.05, 4.69) is 41.6 Å². The second kappa shape index (κ2) is 8.20. The molecular formula is C18H25N3OS. The summed E-state index contributed by atoms with van der Waals surface area (Å²) in [7, 11) is 0. The van der Waals surface area contributed by atoms with Gasteiger partial charge < -0.3 is 5.32 Å². The average Bonchev–Trinajstić information content (AvgIpc) is 2.76. The van der Waals surface area contributed by atoms with Crippen LogP contribution >= 0.6 is 11.8 Å². The van der Waals surface area contributed by atoms with Gasteiger partial charge in [0.15, 0.2) is 0 Å². The Labute approximate surface area is 142 Å². The summed E-state index contributed by atoms with van der Waals surface area (Å²) < 4.78 is 1.78. The van der Waals surface area contributed by atoms with Crippen LogP contribution in [0.4, 0.5) is 0 Å². The van der Waals surface area contributed by atoms with Crippen LogP contribution in [-0.4, -0.2) is 28.0 Å². The number of nitrogens with zero attached hydrogens (tertiary/aromatic N) is 2. The predicted molar refractivity (Wildman–Crippen MR) is 96.8 cm³/mol. The number of aryl methyl sites for hydroxylation is 2. The van der Waals surface area contributed by atoms with E-state index in [9.17, 15) is 4.79 Å². The second-order valence-electron chi connectivity index (χ2n) is 5.78. The molecule has 0 spiro atoms. The molecular weight excluding hydrogens is 306 g/mol. The fourth-order valence-corrected chi connectivity index (χ4v) is 3.28. The summed E-state index contributed by atoms with van der Waals surface area (Å²) in [5.74, 6) is 1.92. The SMILES string of the molecule is Cc1ccccc1CSCCNC(=O)Cn1nc(C)c(C)c1C. The van der Waals surface area contributed by atoms with Crippen molar-refractivity contribution < 1.29 is 4.79 Å². The number of hydrogen-bond donors (Lipinski definition) is 1. The number of carbonyl (C=O) groups excluding carboxylic acids is 1. The van der Waals surface area contributed by atoms with Crippen molar-refractivity contribution in [3.63, 3.8) is 0 Å². The van der Waals surface area contributed by atoms with Gasteiger partial charge in [-0.05, 0) is 44.4 Å². The van der Waals surface area contributed by atoms with Crippen molar-refractivity contribution in [3.05, 3.63) is 52.3 Å². The fourth-order valence-electron chi connectivity index (χ4n) is 2.35. The van der Waals surface area contributed by atoms with E-state index < -0.39 is 0 Å². The molecule has 2 aromatic rings. The topological polar surface area (TPSA) is 46.9 Å². The molecule has 4 nitrogen and oxygen atoms in total. The molecule has 0 radical (unpaired) electrons. The van der Waals surface area contributed by atoms with E-state index in [-0.39, 0.29) is 5.91 Å². The summed E-state index contributed by atoms with van der Waals surface area (Å²) in [4.78, 5) is 12.0. The molecule has 1 amide bonds. The normalized spacial score (nSPS) is 10.8. The van der Waals surface area contributed by atoms with Crippen molar-refractivity contribution in [2.24, 2.45) is 0 Å². The molecule has 5 heteroatoms. The summed E-state index contributed by atoms with van der Waals surface area (Å²) >= 11 is 1.84. The first-order valence-corrected chi connectivity index (χ1v) is 9.04. The third-order valence-corrected chi connectivity index (χ3v) is 5.13. The fraction of sp³-hybridized carbons (Fsp3) is 0.444. The first kappa shape index (κ1) is 17.6. The van der Waals surface area contributed by atoms with E-state index in [4.69, 9.17) is 0 Å². The number of thioether (sulfide) groups is 1. The van der Waals surface area contributed by atoms with E-state index in [1.54, 1.807) is 4.68 Å². The summed E-state index contributed by atoms with van der Waals surface area (Å²) in [5, 5.41) is 7.36. The third-order valence-electron chi connectivity index (χ3n) is 4.12. The minimum Gasteiger partial charge on any atom is -0.354 e. The Morgan fingerprint density at radius 3 is 2.61 bits per heavy atom. The van der Waals surface area contributed by atoms with Crippen LogP contribution in [0.3, 0.4) is 0 Å². The molecule has 0 saturated carbocycles. The molecule has 1 N–H and O–H groups in total. The van der Waals surface area contributed by atoms with E-state index in [0.29, 0.717) is 13.1 Å². The Morgan fingerprint density at radius 1 is 1.22 bits per heavy atom. The van der Waals surface area contributed by atoms with Crippen LogP contribution < -0.4 is 5.32 Å². The minimum atomic E-state index is 0.0205. The van der Waals surface area contributed by atoms with Gasteiger partial charge in [0.25, 0.3) is 0 Å². The number of hydrogen-bond acceptors (Lipinski definition) is 3. The van der Waals surface area contributed by atoms with E-state index >= 15 is 0 Å². The highest BCUT2D eigenvalue weighted by molar-refractivity contribution is 7.98. The van der Waals surface area contributed by atoms with E-state index in [1.165, 1.54) is 11.1 Å². The number of amides is 1. The summed E-state index contributed by atoms with van der Waals surface area (Å²) in [6, 6.07) is 8.42. The standard InChI is InChI=1S/C18H25N3OS/c1-13-7-5-6-8-17(13)12-23-10-9-19-18(22)11-21-16(4)14(2)15(3)20-21/h5-8H,9-12H2,1-4H3,(H,19,22). The van der Waals surface area contributed by atoms with Crippen molar-refractivity contribution in [1.29, 1.82) is 0 Å². The molecule has 1 aromatic carbocycles. The average molecular weight is 331 g/mol. The van der Waals surface area contributed by atoms with Crippen LogP contribution in [0.25, 0.3) is 0 Å². The van der Waals surface area contributed by atoms with E-state index in [0.717, 1.165) is 28.5 Å².